The van der Waals surface area contributed by atoms with E-state index in [1.807, 2.05) is 25.1 Å². The van der Waals surface area contributed by atoms with Crippen molar-refractivity contribution in [3.05, 3.63) is 29.3 Å². The number of carbonyl (C=O) groups is 1. The molecule has 0 saturated carbocycles. The summed E-state index contributed by atoms with van der Waals surface area (Å²) in [6.07, 6.45) is 0.381. The standard InChI is InChI=1S/C11H13ClO2/c1-8-3-4-11(14-2)6-9(8)5-10(13)7-12/h3-4,6H,5,7H2,1-2H3. The van der Waals surface area contributed by atoms with Crippen molar-refractivity contribution in [2.24, 2.45) is 0 Å². The summed E-state index contributed by atoms with van der Waals surface area (Å²) in [5.74, 6) is 0.868. The molecule has 0 unspecified atom stereocenters. The Morgan fingerprint density at radius 3 is 2.79 bits per heavy atom. The van der Waals surface area contributed by atoms with E-state index in [1.165, 1.54) is 0 Å². The number of benzene rings is 1. The smallest absolute Gasteiger partial charge is 0.151 e. The topological polar surface area (TPSA) is 26.3 Å². The van der Waals surface area contributed by atoms with Gasteiger partial charge in [0, 0.05) is 6.42 Å². The molecule has 1 aromatic rings. The first kappa shape index (κ1) is 11.1. The Hall–Kier alpha value is -1.02. The summed E-state index contributed by atoms with van der Waals surface area (Å²) >= 11 is 5.45. The molecule has 76 valence electrons. The van der Waals surface area contributed by atoms with Crippen molar-refractivity contribution >= 4 is 17.4 Å². The Morgan fingerprint density at radius 2 is 2.21 bits per heavy atom. The normalized spacial score (nSPS) is 9.93. The van der Waals surface area contributed by atoms with Gasteiger partial charge in [0.25, 0.3) is 0 Å². The molecule has 0 fully saturated rings. The lowest BCUT2D eigenvalue weighted by molar-refractivity contribution is -0.116. The average Bonchev–Trinajstić information content (AvgIpc) is 2.21. The van der Waals surface area contributed by atoms with Crippen molar-refractivity contribution in [2.45, 2.75) is 13.3 Å². The second-order valence-electron chi connectivity index (χ2n) is 3.14. The highest BCUT2D eigenvalue weighted by Crippen LogP contribution is 2.17. The highest BCUT2D eigenvalue weighted by Gasteiger charge is 2.05. The van der Waals surface area contributed by atoms with Crippen LogP contribution in [-0.2, 0) is 11.2 Å². The van der Waals surface area contributed by atoms with Gasteiger partial charge in [-0.05, 0) is 30.2 Å². The number of carbonyl (C=O) groups excluding carboxylic acids is 1. The van der Waals surface area contributed by atoms with Gasteiger partial charge < -0.3 is 4.74 Å². The fourth-order valence-electron chi connectivity index (χ4n) is 1.22. The van der Waals surface area contributed by atoms with Crippen LogP contribution < -0.4 is 4.74 Å². The number of hydrogen-bond donors (Lipinski definition) is 0. The van der Waals surface area contributed by atoms with E-state index < -0.39 is 0 Å². The Kier molecular flexibility index (Phi) is 3.96. The van der Waals surface area contributed by atoms with Gasteiger partial charge >= 0.3 is 0 Å². The van der Waals surface area contributed by atoms with Gasteiger partial charge in [0.2, 0.25) is 0 Å². The van der Waals surface area contributed by atoms with Crippen LogP contribution in [0.15, 0.2) is 18.2 Å². The summed E-state index contributed by atoms with van der Waals surface area (Å²) in [5, 5.41) is 0. The van der Waals surface area contributed by atoms with Crippen molar-refractivity contribution in [2.75, 3.05) is 13.0 Å². The molecule has 0 saturated heterocycles. The lowest BCUT2D eigenvalue weighted by atomic mass is 10.0. The quantitative estimate of drug-likeness (QED) is 0.717. The number of methoxy groups -OCH3 is 1. The molecule has 0 radical (unpaired) electrons. The van der Waals surface area contributed by atoms with Crippen LogP contribution >= 0.6 is 11.6 Å². The maximum absolute atomic E-state index is 11.2. The molecule has 1 rings (SSSR count). The zero-order chi connectivity index (χ0) is 10.6. The number of hydrogen-bond acceptors (Lipinski definition) is 2. The highest BCUT2D eigenvalue weighted by atomic mass is 35.5. The van der Waals surface area contributed by atoms with Gasteiger partial charge in [0.05, 0.1) is 13.0 Å². The lowest BCUT2D eigenvalue weighted by Crippen LogP contribution is -2.05. The molecule has 1 aromatic carbocycles. The zero-order valence-electron chi connectivity index (χ0n) is 8.34. The maximum atomic E-state index is 11.2. The monoisotopic (exact) mass is 212 g/mol. The summed E-state index contributed by atoms with van der Waals surface area (Å²) in [6, 6.07) is 5.69. The van der Waals surface area contributed by atoms with Crippen LogP contribution in [-0.4, -0.2) is 18.8 Å². The molecule has 14 heavy (non-hydrogen) atoms. The Morgan fingerprint density at radius 1 is 1.50 bits per heavy atom. The number of ether oxygens (including phenoxy) is 1. The summed E-state index contributed by atoms with van der Waals surface area (Å²) in [7, 11) is 1.61. The van der Waals surface area contributed by atoms with Gasteiger partial charge in [0.15, 0.2) is 5.78 Å². The van der Waals surface area contributed by atoms with Crippen molar-refractivity contribution in [3.8, 4) is 5.75 Å². The van der Waals surface area contributed by atoms with Gasteiger partial charge in [0.1, 0.15) is 5.75 Å². The van der Waals surface area contributed by atoms with E-state index >= 15 is 0 Å². The molecule has 0 bridgehead atoms. The third-order valence-electron chi connectivity index (χ3n) is 2.09. The Balaban J connectivity index is 2.89. The van der Waals surface area contributed by atoms with Crippen molar-refractivity contribution < 1.29 is 9.53 Å². The van der Waals surface area contributed by atoms with Crippen LogP contribution in [0, 0.1) is 6.92 Å². The maximum Gasteiger partial charge on any atom is 0.151 e. The third kappa shape index (κ3) is 2.74. The number of rotatable bonds is 4. The predicted octanol–water partition coefficient (Wildman–Crippen LogP) is 2.35. The Labute approximate surface area is 88.8 Å². The van der Waals surface area contributed by atoms with E-state index in [9.17, 15) is 4.79 Å². The first-order chi connectivity index (χ1) is 6.67. The molecule has 3 heteroatoms. The van der Waals surface area contributed by atoms with E-state index in [1.54, 1.807) is 7.11 Å². The van der Waals surface area contributed by atoms with Crippen LogP contribution in [0.3, 0.4) is 0 Å². The van der Waals surface area contributed by atoms with Crippen LogP contribution in [0.4, 0.5) is 0 Å². The fraction of sp³-hybridized carbons (Fsp3) is 0.364. The molecule has 2 nitrogen and oxygen atoms in total. The predicted molar refractivity (Wildman–Crippen MR) is 57.2 cm³/mol. The van der Waals surface area contributed by atoms with Crippen molar-refractivity contribution in [3.63, 3.8) is 0 Å². The largest absolute Gasteiger partial charge is 0.497 e. The van der Waals surface area contributed by atoms with Gasteiger partial charge in [-0.3, -0.25) is 4.79 Å². The molecule has 0 aliphatic carbocycles. The molecule has 0 N–H and O–H groups in total. The van der Waals surface area contributed by atoms with E-state index in [0.29, 0.717) is 6.42 Å². The molecule has 0 spiro atoms. The molecular weight excluding hydrogens is 200 g/mol. The second kappa shape index (κ2) is 5.01. The van der Waals surface area contributed by atoms with E-state index in [-0.39, 0.29) is 11.7 Å². The Bertz CT molecular complexity index is 334. The summed E-state index contributed by atoms with van der Waals surface area (Å²) < 4.78 is 5.08. The van der Waals surface area contributed by atoms with E-state index in [2.05, 4.69) is 0 Å². The van der Waals surface area contributed by atoms with Crippen molar-refractivity contribution in [1.82, 2.24) is 0 Å². The molecule has 0 atom stereocenters. The zero-order valence-corrected chi connectivity index (χ0v) is 9.10. The minimum Gasteiger partial charge on any atom is -0.497 e. The van der Waals surface area contributed by atoms with Gasteiger partial charge in [-0.1, -0.05) is 6.07 Å². The minimum atomic E-state index is 0.0306. The van der Waals surface area contributed by atoms with Crippen LogP contribution in [0.25, 0.3) is 0 Å². The molecule has 0 heterocycles. The number of halogens is 1. The number of Topliss-reactive ketones (excluding diaryl/α,β-unsaturated/α-hetero) is 1. The van der Waals surface area contributed by atoms with Gasteiger partial charge in [-0.2, -0.15) is 0 Å². The minimum absolute atomic E-state index is 0.0306. The SMILES string of the molecule is COc1ccc(C)c(CC(=O)CCl)c1. The first-order valence-corrected chi connectivity index (χ1v) is 4.92. The van der Waals surface area contributed by atoms with E-state index in [4.69, 9.17) is 16.3 Å². The number of ketones is 1. The van der Waals surface area contributed by atoms with Crippen LogP contribution in [0.1, 0.15) is 11.1 Å². The number of aryl methyl sites for hydroxylation is 1. The van der Waals surface area contributed by atoms with Crippen LogP contribution in [0.5, 0.6) is 5.75 Å². The fourth-order valence-corrected chi connectivity index (χ4v) is 1.32. The number of alkyl halides is 1. The molecule has 0 aromatic heterocycles. The lowest BCUT2D eigenvalue weighted by Gasteiger charge is -2.06. The van der Waals surface area contributed by atoms with Gasteiger partial charge in [-0.25, -0.2) is 0 Å². The third-order valence-corrected chi connectivity index (χ3v) is 2.39. The molecule has 0 amide bonds. The summed E-state index contributed by atoms with van der Waals surface area (Å²) in [4.78, 5) is 11.2. The molecule has 0 aliphatic rings. The summed E-state index contributed by atoms with van der Waals surface area (Å²) in [5.41, 5.74) is 2.07. The van der Waals surface area contributed by atoms with Crippen LogP contribution in [0.2, 0.25) is 0 Å². The van der Waals surface area contributed by atoms with Crippen molar-refractivity contribution in [1.29, 1.82) is 0 Å². The molecular formula is C11H13ClO2. The summed E-state index contributed by atoms with van der Waals surface area (Å²) in [6.45, 7) is 1.97. The van der Waals surface area contributed by atoms with E-state index in [0.717, 1.165) is 16.9 Å². The second-order valence-corrected chi connectivity index (χ2v) is 3.41. The highest BCUT2D eigenvalue weighted by molar-refractivity contribution is 6.27. The van der Waals surface area contributed by atoms with Gasteiger partial charge in [-0.15, -0.1) is 11.6 Å². The average molecular weight is 213 g/mol. The first-order valence-electron chi connectivity index (χ1n) is 4.38. The molecule has 0 aliphatic heterocycles.